The monoisotopic (exact) mass is 489 g/mol. The van der Waals surface area contributed by atoms with Crippen LogP contribution in [0.5, 0.6) is 5.75 Å². The van der Waals surface area contributed by atoms with Crippen molar-refractivity contribution in [3.8, 4) is 5.75 Å². The molecule has 0 aromatic heterocycles. The lowest BCUT2D eigenvalue weighted by molar-refractivity contribution is -0.139. The first-order valence-corrected chi connectivity index (χ1v) is 13.2. The molecule has 1 N–H and O–H groups in total. The molecule has 2 aromatic rings. The molecule has 0 heterocycles. The molecule has 34 heavy (non-hydrogen) atoms. The molecule has 0 aliphatic rings. The molecule has 8 nitrogen and oxygen atoms in total. The van der Waals surface area contributed by atoms with E-state index in [9.17, 15) is 18.0 Å². The smallest absolute Gasteiger partial charge is 0.244 e. The molecule has 2 rings (SSSR count). The number of ether oxygens (including phenoxy) is 1. The van der Waals surface area contributed by atoms with Crippen molar-refractivity contribution in [1.29, 1.82) is 0 Å². The summed E-state index contributed by atoms with van der Waals surface area (Å²) in [6.45, 7) is 7.30. The minimum absolute atomic E-state index is 0.0911. The zero-order valence-electron chi connectivity index (χ0n) is 20.5. The fourth-order valence-corrected chi connectivity index (χ4v) is 4.36. The summed E-state index contributed by atoms with van der Waals surface area (Å²) in [5.74, 6) is -0.402. The van der Waals surface area contributed by atoms with Gasteiger partial charge in [-0.15, -0.1) is 0 Å². The Morgan fingerprint density at radius 2 is 1.62 bits per heavy atom. The van der Waals surface area contributed by atoms with Crippen molar-refractivity contribution in [2.24, 2.45) is 0 Å². The third-order valence-electron chi connectivity index (χ3n) is 5.20. The highest BCUT2D eigenvalue weighted by Gasteiger charge is 2.31. The first-order valence-electron chi connectivity index (χ1n) is 11.4. The molecule has 186 valence electrons. The number of nitrogens with zero attached hydrogens (tertiary/aromatic N) is 2. The topological polar surface area (TPSA) is 96.0 Å². The second-order valence-corrected chi connectivity index (χ2v) is 10.2. The number of para-hydroxylation sites is 2. The Bertz CT molecular complexity index is 1060. The van der Waals surface area contributed by atoms with Crippen LogP contribution >= 0.6 is 0 Å². The number of carbonyl (C=O) groups excluding carboxylic acids is 2. The van der Waals surface area contributed by atoms with Crippen molar-refractivity contribution in [1.82, 2.24) is 10.2 Å². The number of carbonyl (C=O) groups is 2. The molecule has 2 amide bonds. The van der Waals surface area contributed by atoms with Crippen LogP contribution in [0.2, 0.25) is 0 Å². The molecular formula is C25H35N3O5S. The standard InChI is InChI=1S/C25H35N3O5S/c1-6-33-23-15-11-10-14-22(23)28(34(5,31)32)18-24(29)27(20(4)25(30)26-19(2)3)17-16-21-12-8-7-9-13-21/h7-15,19-20H,6,16-18H2,1-5H3,(H,26,30)/t20-/m0/s1. The SMILES string of the molecule is CCOc1ccccc1N(CC(=O)N(CCc1ccccc1)[C@@H](C)C(=O)NC(C)C)S(C)(=O)=O. The minimum Gasteiger partial charge on any atom is -0.492 e. The summed E-state index contributed by atoms with van der Waals surface area (Å²) in [6.07, 6.45) is 1.58. The maximum atomic E-state index is 13.5. The Hall–Kier alpha value is -3.07. The molecule has 2 aromatic carbocycles. The van der Waals surface area contributed by atoms with Crippen LogP contribution in [-0.4, -0.2) is 63.2 Å². The summed E-state index contributed by atoms with van der Waals surface area (Å²) in [5.41, 5.74) is 1.29. The van der Waals surface area contributed by atoms with E-state index >= 15 is 0 Å². The van der Waals surface area contributed by atoms with Crippen LogP contribution in [0, 0.1) is 0 Å². The highest BCUT2D eigenvalue weighted by molar-refractivity contribution is 7.92. The van der Waals surface area contributed by atoms with Gasteiger partial charge in [0.2, 0.25) is 21.8 Å². The molecule has 0 aliphatic heterocycles. The molecule has 0 bridgehead atoms. The number of amides is 2. The van der Waals surface area contributed by atoms with Gasteiger partial charge in [-0.05, 0) is 51.8 Å². The molecule has 9 heteroatoms. The van der Waals surface area contributed by atoms with E-state index in [-0.39, 0.29) is 24.2 Å². The summed E-state index contributed by atoms with van der Waals surface area (Å²) in [4.78, 5) is 27.7. The Kier molecular flexibility index (Phi) is 9.92. The minimum atomic E-state index is -3.81. The van der Waals surface area contributed by atoms with E-state index in [2.05, 4.69) is 5.32 Å². The van der Waals surface area contributed by atoms with E-state index in [0.717, 1.165) is 16.1 Å². The van der Waals surface area contributed by atoms with Gasteiger partial charge in [-0.2, -0.15) is 0 Å². The van der Waals surface area contributed by atoms with Gasteiger partial charge in [-0.3, -0.25) is 13.9 Å². The van der Waals surface area contributed by atoms with Crippen molar-refractivity contribution in [3.63, 3.8) is 0 Å². The van der Waals surface area contributed by atoms with Crippen molar-refractivity contribution < 1.29 is 22.7 Å². The van der Waals surface area contributed by atoms with Crippen LogP contribution in [0.25, 0.3) is 0 Å². The lowest BCUT2D eigenvalue weighted by Crippen LogP contribution is -2.53. The van der Waals surface area contributed by atoms with Crippen LogP contribution in [0.1, 0.15) is 33.3 Å². The molecule has 0 unspecified atom stereocenters. The Labute approximate surface area is 202 Å². The highest BCUT2D eigenvalue weighted by Crippen LogP contribution is 2.30. The molecule has 0 saturated carbocycles. The second-order valence-electron chi connectivity index (χ2n) is 8.33. The quantitative estimate of drug-likeness (QED) is 0.495. The van der Waals surface area contributed by atoms with Crippen molar-refractivity contribution in [2.45, 2.75) is 46.2 Å². The Balaban J connectivity index is 2.36. The van der Waals surface area contributed by atoms with Gasteiger partial charge >= 0.3 is 0 Å². The van der Waals surface area contributed by atoms with Gasteiger partial charge in [0, 0.05) is 12.6 Å². The number of anilines is 1. The molecule has 0 aliphatic carbocycles. The molecule has 0 radical (unpaired) electrons. The maximum Gasteiger partial charge on any atom is 0.244 e. The average molecular weight is 490 g/mol. The number of benzene rings is 2. The van der Waals surface area contributed by atoms with Gasteiger partial charge in [0.1, 0.15) is 18.3 Å². The third-order valence-corrected chi connectivity index (χ3v) is 6.32. The maximum absolute atomic E-state index is 13.5. The lowest BCUT2D eigenvalue weighted by Gasteiger charge is -2.32. The third kappa shape index (κ3) is 7.76. The first-order chi connectivity index (χ1) is 16.0. The van der Waals surface area contributed by atoms with Crippen LogP contribution in [0.15, 0.2) is 54.6 Å². The van der Waals surface area contributed by atoms with Gasteiger partial charge in [0.05, 0.1) is 18.6 Å². The highest BCUT2D eigenvalue weighted by atomic mass is 32.2. The first kappa shape index (κ1) is 27.2. The zero-order chi connectivity index (χ0) is 25.3. The molecule has 0 saturated heterocycles. The molecular weight excluding hydrogens is 454 g/mol. The second kappa shape index (κ2) is 12.4. The van der Waals surface area contributed by atoms with Gasteiger partial charge in [0.25, 0.3) is 0 Å². The summed E-state index contributed by atoms with van der Waals surface area (Å²) in [5, 5.41) is 2.83. The van der Waals surface area contributed by atoms with Gasteiger partial charge < -0.3 is 15.0 Å². The summed E-state index contributed by atoms with van der Waals surface area (Å²) < 4.78 is 32.0. The van der Waals surface area contributed by atoms with Crippen LogP contribution in [-0.2, 0) is 26.0 Å². The van der Waals surface area contributed by atoms with E-state index in [1.165, 1.54) is 4.90 Å². The van der Waals surface area contributed by atoms with E-state index in [4.69, 9.17) is 4.74 Å². The van der Waals surface area contributed by atoms with Crippen molar-refractivity contribution in [3.05, 3.63) is 60.2 Å². The largest absolute Gasteiger partial charge is 0.492 e. The number of hydrogen-bond donors (Lipinski definition) is 1. The van der Waals surface area contributed by atoms with E-state index in [1.807, 2.05) is 44.2 Å². The van der Waals surface area contributed by atoms with Crippen LogP contribution < -0.4 is 14.4 Å². The predicted octanol–water partition coefficient (Wildman–Crippen LogP) is 2.84. The summed E-state index contributed by atoms with van der Waals surface area (Å²) in [6, 6.07) is 15.4. The summed E-state index contributed by atoms with van der Waals surface area (Å²) >= 11 is 0. The van der Waals surface area contributed by atoms with Crippen LogP contribution in [0.3, 0.4) is 0 Å². The van der Waals surface area contributed by atoms with E-state index in [0.29, 0.717) is 18.8 Å². The average Bonchev–Trinajstić information content (AvgIpc) is 2.77. The number of hydrogen-bond acceptors (Lipinski definition) is 5. The van der Waals surface area contributed by atoms with Crippen molar-refractivity contribution >= 4 is 27.5 Å². The van der Waals surface area contributed by atoms with Crippen LogP contribution in [0.4, 0.5) is 5.69 Å². The normalized spacial score (nSPS) is 12.2. The van der Waals surface area contributed by atoms with Crippen molar-refractivity contribution in [2.75, 3.05) is 30.3 Å². The number of rotatable bonds is 12. The van der Waals surface area contributed by atoms with Gasteiger partial charge in [-0.25, -0.2) is 8.42 Å². The molecule has 0 spiro atoms. The summed E-state index contributed by atoms with van der Waals surface area (Å²) in [7, 11) is -3.81. The Morgan fingerprint density at radius 1 is 1.00 bits per heavy atom. The lowest BCUT2D eigenvalue weighted by atomic mass is 10.1. The Morgan fingerprint density at radius 3 is 2.21 bits per heavy atom. The fourth-order valence-electron chi connectivity index (χ4n) is 3.51. The predicted molar refractivity (Wildman–Crippen MR) is 134 cm³/mol. The molecule has 0 fully saturated rings. The van der Waals surface area contributed by atoms with E-state index < -0.39 is 28.5 Å². The van der Waals surface area contributed by atoms with Gasteiger partial charge in [0.15, 0.2) is 0 Å². The zero-order valence-corrected chi connectivity index (χ0v) is 21.3. The number of nitrogens with one attached hydrogen (secondary N) is 1. The fraction of sp³-hybridized carbons (Fsp3) is 0.440. The molecule has 1 atom stereocenters. The van der Waals surface area contributed by atoms with Gasteiger partial charge in [-0.1, -0.05) is 42.5 Å². The van der Waals surface area contributed by atoms with E-state index in [1.54, 1.807) is 38.1 Å². The number of sulfonamides is 1.